The van der Waals surface area contributed by atoms with Gasteiger partial charge in [-0.05, 0) is 30.3 Å². The molecule has 7 nitrogen and oxygen atoms in total. The van der Waals surface area contributed by atoms with Crippen molar-refractivity contribution in [2.45, 2.75) is 6.61 Å². The van der Waals surface area contributed by atoms with Gasteiger partial charge in [-0.1, -0.05) is 24.3 Å². The van der Waals surface area contributed by atoms with E-state index in [2.05, 4.69) is 5.32 Å². The number of ether oxygens (including phenoxy) is 1. The lowest BCUT2D eigenvalue weighted by molar-refractivity contribution is -0.384. The number of rotatable bonds is 6. The third-order valence-corrected chi connectivity index (χ3v) is 3.32. The van der Waals surface area contributed by atoms with E-state index in [0.29, 0.717) is 17.2 Å². The van der Waals surface area contributed by atoms with Crippen molar-refractivity contribution in [1.82, 2.24) is 0 Å². The average molecular weight is 338 g/mol. The number of anilines is 1. The Hall–Kier alpha value is -3.61. The molecule has 25 heavy (non-hydrogen) atoms. The number of furan rings is 1. The van der Waals surface area contributed by atoms with Crippen LogP contribution in [0.5, 0.6) is 5.75 Å². The third-order valence-electron chi connectivity index (χ3n) is 3.32. The van der Waals surface area contributed by atoms with Crippen molar-refractivity contribution in [3.05, 3.63) is 88.4 Å². The number of carbonyl (C=O) groups excluding carboxylic acids is 1. The second-order valence-corrected chi connectivity index (χ2v) is 5.13. The van der Waals surface area contributed by atoms with E-state index in [1.54, 1.807) is 12.1 Å². The van der Waals surface area contributed by atoms with Crippen LogP contribution in [0.15, 0.2) is 71.1 Å². The van der Waals surface area contributed by atoms with Crippen LogP contribution < -0.4 is 10.1 Å². The van der Waals surface area contributed by atoms with Gasteiger partial charge < -0.3 is 14.5 Å². The van der Waals surface area contributed by atoms with Gasteiger partial charge in [0.1, 0.15) is 18.1 Å². The van der Waals surface area contributed by atoms with Crippen molar-refractivity contribution in [1.29, 1.82) is 0 Å². The molecular formula is C18H14N2O5. The molecule has 1 aromatic heterocycles. The normalized spacial score (nSPS) is 10.2. The van der Waals surface area contributed by atoms with E-state index in [0.717, 1.165) is 0 Å². The van der Waals surface area contributed by atoms with E-state index >= 15 is 0 Å². The molecule has 0 fully saturated rings. The minimum Gasteiger partial charge on any atom is -0.486 e. The lowest BCUT2D eigenvalue weighted by Crippen LogP contribution is -2.11. The minimum atomic E-state index is -0.526. The number of hydrogen-bond donors (Lipinski definition) is 1. The molecule has 0 saturated carbocycles. The Labute approximate surface area is 143 Å². The van der Waals surface area contributed by atoms with Crippen LogP contribution in [0.25, 0.3) is 0 Å². The topological polar surface area (TPSA) is 94.6 Å². The molecule has 0 atom stereocenters. The summed E-state index contributed by atoms with van der Waals surface area (Å²) in [5.74, 6) is 0.791. The number of non-ortho nitro benzene ring substituents is 1. The van der Waals surface area contributed by atoms with Gasteiger partial charge in [0.05, 0.1) is 4.92 Å². The van der Waals surface area contributed by atoms with Gasteiger partial charge in [0, 0.05) is 17.8 Å². The lowest BCUT2D eigenvalue weighted by Gasteiger charge is -2.04. The van der Waals surface area contributed by atoms with E-state index in [1.165, 1.54) is 24.3 Å². The maximum Gasteiger partial charge on any atom is 0.291 e. The highest BCUT2D eigenvalue weighted by Gasteiger charge is 2.13. The Balaban J connectivity index is 1.62. The number of nitro groups is 1. The fourth-order valence-electron chi connectivity index (χ4n) is 2.14. The molecule has 0 saturated heterocycles. The van der Waals surface area contributed by atoms with Crippen LogP contribution >= 0.6 is 0 Å². The van der Waals surface area contributed by atoms with Crippen LogP contribution in [0, 0.1) is 10.1 Å². The molecule has 1 N–H and O–H groups in total. The second-order valence-electron chi connectivity index (χ2n) is 5.13. The lowest BCUT2D eigenvalue weighted by atomic mass is 10.2. The summed E-state index contributed by atoms with van der Waals surface area (Å²) < 4.78 is 11.0. The van der Waals surface area contributed by atoms with Crippen molar-refractivity contribution >= 4 is 17.3 Å². The van der Waals surface area contributed by atoms with Gasteiger partial charge in [-0.3, -0.25) is 14.9 Å². The van der Waals surface area contributed by atoms with Gasteiger partial charge in [-0.15, -0.1) is 0 Å². The Bertz CT molecular complexity index is 889. The quantitative estimate of drug-likeness (QED) is 0.541. The largest absolute Gasteiger partial charge is 0.486 e. The van der Waals surface area contributed by atoms with Gasteiger partial charge in [0.2, 0.25) is 0 Å². The van der Waals surface area contributed by atoms with Gasteiger partial charge in [0.15, 0.2) is 5.76 Å². The zero-order valence-electron chi connectivity index (χ0n) is 13.0. The number of carbonyl (C=O) groups is 1. The number of nitro benzene ring substituents is 1. The molecule has 1 amide bonds. The highest BCUT2D eigenvalue weighted by atomic mass is 16.6. The molecule has 126 valence electrons. The van der Waals surface area contributed by atoms with E-state index in [9.17, 15) is 14.9 Å². The van der Waals surface area contributed by atoms with Crippen molar-refractivity contribution in [3.8, 4) is 5.75 Å². The minimum absolute atomic E-state index is 0.0955. The SMILES string of the molecule is O=C(Nc1cccc([N+](=O)[O-])c1)c1ccc(COc2ccccc2)o1. The molecule has 0 unspecified atom stereocenters. The molecular weight excluding hydrogens is 324 g/mol. The smallest absolute Gasteiger partial charge is 0.291 e. The summed E-state index contributed by atoms with van der Waals surface area (Å²) in [6.07, 6.45) is 0. The van der Waals surface area contributed by atoms with Gasteiger partial charge in [-0.2, -0.15) is 0 Å². The first-order valence-electron chi connectivity index (χ1n) is 7.44. The van der Waals surface area contributed by atoms with E-state index in [-0.39, 0.29) is 18.1 Å². The van der Waals surface area contributed by atoms with Crippen molar-refractivity contribution in [3.63, 3.8) is 0 Å². The summed E-state index contributed by atoms with van der Waals surface area (Å²) in [5, 5.41) is 13.3. The van der Waals surface area contributed by atoms with Crippen LogP contribution in [0.3, 0.4) is 0 Å². The molecule has 0 aliphatic heterocycles. The number of amides is 1. The van der Waals surface area contributed by atoms with Gasteiger partial charge in [-0.25, -0.2) is 0 Å². The van der Waals surface area contributed by atoms with Crippen LogP contribution in [0.4, 0.5) is 11.4 Å². The van der Waals surface area contributed by atoms with E-state index in [1.807, 2.05) is 30.3 Å². The Morgan fingerprint density at radius 2 is 1.88 bits per heavy atom. The molecule has 1 heterocycles. The fraction of sp³-hybridized carbons (Fsp3) is 0.0556. The average Bonchev–Trinajstić information content (AvgIpc) is 3.10. The molecule has 2 aromatic carbocycles. The molecule has 0 radical (unpaired) electrons. The van der Waals surface area contributed by atoms with Crippen LogP contribution in [0.2, 0.25) is 0 Å². The Kier molecular flexibility index (Phi) is 4.75. The number of nitrogens with one attached hydrogen (secondary N) is 1. The molecule has 0 spiro atoms. The van der Waals surface area contributed by atoms with Crippen molar-refractivity contribution in [2.24, 2.45) is 0 Å². The van der Waals surface area contributed by atoms with Crippen molar-refractivity contribution < 1.29 is 18.9 Å². The highest BCUT2D eigenvalue weighted by Crippen LogP contribution is 2.19. The number of benzene rings is 2. The predicted octanol–water partition coefficient (Wildman–Crippen LogP) is 4.02. The summed E-state index contributed by atoms with van der Waals surface area (Å²) in [4.78, 5) is 22.4. The van der Waals surface area contributed by atoms with Crippen LogP contribution in [-0.2, 0) is 6.61 Å². The highest BCUT2D eigenvalue weighted by molar-refractivity contribution is 6.02. The molecule has 0 aliphatic rings. The summed E-state index contributed by atoms with van der Waals surface area (Å²) in [6, 6.07) is 18.1. The summed E-state index contributed by atoms with van der Waals surface area (Å²) in [5.41, 5.74) is 0.215. The second kappa shape index (κ2) is 7.31. The Morgan fingerprint density at radius 3 is 2.64 bits per heavy atom. The van der Waals surface area contributed by atoms with Crippen molar-refractivity contribution in [2.75, 3.05) is 5.32 Å². The predicted molar refractivity (Wildman–Crippen MR) is 90.5 cm³/mol. The zero-order valence-corrected chi connectivity index (χ0v) is 13.0. The molecule has 0 bridgehead atoms. The summed E-state index contributed by atoms with van der Waals surface area (Å²) >= 11 is 0. The third kappa shape index (κ3) is 4.23. The summed E-state index contributed by atoms with van der Waals surface area (Å²) in [7, 11) is 0. The van der Waals surface area contributed by atoms with Gasteiger partial charge >= 0.3 is 0 Å². The standard InChI is InChI=1S/C18H14N2O5/c21-18(19-13-5-4-6-14(11-13)20(22)23)17-10-9-16(25-17)12-24-15-7-2-1-3-8-15/h1-11H,12H2,(H,19,21). The fourth-order valence-corrected chi connectivity index (χ4v) is 2.14. The molecule has 3 rings (SSSR count). The van der Waals surface area contributed by atoms with E-state index in [4.69, 9.17) is 9.15 Å². The van der Waals surface area contributed by atoms with Crippen LogP contribution in [-0.4, -0.2) is 10.8 Å². The maximum absolute atomic E-state index is 12.2. The van der Waals surface area contributed by atoms with Gasteiger partial charge in [0.25, 0.3) is 11.6 Å². The molecule has 0 aliphatic carbocycles. The Morgan fingerprint density at radius 1 is 1.08 bits per heavy atom. The number of nitrogens with zero attached hydrogens (tertiary/aromatic N) is 1. The van der Waals surface area contributed by atoms with E-state index < -0.39 is 10.8 Å². The molecule has 3 aromatic rings. The summed E-state index contributed by atoms with van der Waals surface area (Å²) in [6.45, 7) is 0.189. The monoisotopic (exact) mass is 338 g/mol. The first-order valence-corrected chi connectivity index (χ1v) is 7.44. The first kappa shape index (κ1) is 16.3. The zero-order chi connectivity index (χ0) is 17.6. The number of hydrogen-bond acceptors (Lipinski definition) is 5. The van der Waals surface area contributed by atoms with Crippen LogP contribution in [0.1, 0.15) is 16.3 Å². The molecule has 7 heteroatoms. The maximum atomic E-state index is 12.2. The first-order chi connectivity index (χ1) is 12.1. The number of para-hydroxylation sites is 1.